The first kappa shape index (κ1) is 16.1. The van der Waals surface area contributed by atoms with Crippen LogP contribution in [-0.2, 0) is 4.79 Å². The number of nitrogens with zero attached hydrogens (tertiary/aromatic N) is 1. The van der Waals surface area contributed by atoms with Crippen LogP contribution in [0.5, 0.6) is 5.75 Å². The highest BCUT2D eigenvalue weighted by Crippen LogP contribution is 2.28. The van der Waals surface area contributed by atoms with Gasteiger partial charge in [-0.3, -0.25) is 4.79 Å². The van der Waals surface area contributed by atoms with Gasteiger partial charge in [-0.25, -0.2) is 0 Å². The number of rotatable bonds is 5. The summed E-state index contributed by atoms with van der Waals surface area (Å²) in [5.41, 5.74) is 1.53. The molecule has 3 aromatic rings. The predicted molar refractivity (Wildman–Crippen MR) is 95.6 cm³/mol. The molecule has 5 heteroatoms. The molecule has 2 aromatic carbocycles. The van der Waals surface area contributed by atoms with Gasteiger partial charge in [-0.15, -0.1) is 0 Å². The molecule has 3 rings (SSSR count). The molecule has 1 aromatic heterocycles. The minimum atomic E-state index is -0.456. The summed E-state index contributed by atoms with van der Waals surface area (Å²) in [7, 11) is 1.55. The molecular weight excluding hydrogens is 324 g/mol. The number of anilines is 1. The smallest absolute Gasteiger partial charge is 0.252 e. The second-order valence-electron chi connectivity index (χ2n) is 5.28. The Balaban J connectivity index is 1.88. The highest BCUT2D eigenvalue weighted by Gasteiger charge is 2.22. The summed E-state index contributed by atoms with van der Waals surface area (Å²) in [5, 5.41) is 3.37. The van der Waals surface area contributed by atoms with Gasteiger partial charge in [-0.1, -0.05) is 41.9 Å². The van der Waals surface area contributed by atoms with E-state index in [9.17, 15) is 4.79 Å². The summed E-state index contributed by atoms with van der Waals surface area (Å²) in [5.74, 6) is 0.429. The highest BCUT2D eigenvalue weighted by atomic mass is 35.5. The molecule has 0 aliphatic heterocycles. The fourth-order valence-corrected chi connectivity index (χ4v) is 2.83. The minimum Gasteiger partial charge on any atom is -0.495 e. The van der Waals surface area contributed by atoms with Crippen LogP contribution in [0.4, 0.5) is 5.69 Å². The van der Waals surface area contributed by atoms with Crippen LogP contribution < -0.4 is 10.1 Å². The van der Waals surface area contributed by atoms with E-state index < -0.39 is 6.04 Å². The number of carbonyl (C=O) groups excluding carboxylic acids is 1. The van der Waals surface area contributed by atoms with Crippen LogP contribution in [-0.4, -0.2) is 17.6 Å². The molecule has 0 saturated heterocycles. The van der Waals surface area contributed by atoms with Crippen molar-refractivity contribution < 1.29 is 9.53 Å². The third-order valence-electron chi connectivity index (χ3n) is 3.71. The standard InChI is InChI=1S/C19H17ClN2O2/c1-24-17-10-9-15(13-16(17)20)21-19(23)18(22-11-5-6-12-22)14-7-3-2-4-8-14/h2-13,18H,1H3,(H,21,23). The number of ether oxygens (including phenoxy) is 1. The van der Waals surface area contributed by atoms with Crippen molar-refractivity contribution in [3.63, 3.8) is 0 Å². The van der Waals surface area contributed by atoms with Crippen LogP contribution in [0.25, 0.3) is 0 Å². The Labute approximate surface area is 145 Å². The molecule has 1 amide bonds. The van der Waals surface area contributed by atoms with E-state index in [0.29, 0.717) is 16.5 Å². The van der Waals surface area contributed by atoms with Crippen molar-refractivity contribution in [2.24, 2.45) is 0 Å². The van der Waals surface area contributed by atoms with Crippen molar-refractivity contribution in [2.45, 2.75) is 6.04 Å². The van der Waals surface area contributed by atoms with Crippen LogP contribution in [0.1, 0.15) is 11.6 Å². The van der Waals surface area contributed by atoms with Crippen molar-refractivity contribution in [2.75, 3.05) is 12.4 Å². The quantitative estimate of drug-likeness (QED) is 0.749. The number of methoxy groups -OCH3 is 1. The number of amides is 1. The summed E-state index contributed by atoms with van der Waals surface area (Å²) in [6.07, 6.45) is 3.75. The fourth-order valence-electron chi connectivity index (χ4n) is 2.57. The lowest BCUT2D eigenvalue weighted by molar-refractivity contribution is -0.118. The summed E-state index contributed by atoms with van der Waals surface area (Å²) >= 11 is 6.13. The zero-order valence-electron chi connectivity index (χ0n) is 13.1. The van der Waals surface area contributed by atoms with E-state index in [-0.39, 0.29) is 5.91 Å². The Bertz CT molecular complexity index is 817. The van der Waals surface area contributed by atoms with Gasteiger partial charge in [0.15, 0.2) is 0 Å². The first-order valence-electron chi connectivity index (χ1n) is 7.51. The van der Waals surface area contributed by atoms with E-state index in [0.717, 1.165) is 5.56 Å². The normalized spacial score (nSPS) is 11.8. The Morgan fingerprint density at radius 2 is 1.79 bits per heavy atom. The monoisotopic (exact) mass is 340 g/mol. The molecule has 1 atom stereocenters. The third kappa shape index (κ3) is 3.44. The molecule has 0 fully saturated rings. The zero-order valence-corrected chi connectivity index (χ0v) is 13.9. The lowest BCUT2D eigenvalue weighted by Crippen LogP contribution is -2.26. The molecule has 0 bridgehead atoms. The zero-order chi connectivity index (χ0) is 16.9. The van der Waals surface area contributed by atoms with E-state index >= 15 is 0 Å². The SMILES string of the molecule is COc1ccc(NC(=O)C(c2ccccc2)n2cccc2)cc1Cl. The fraction of sp³-hybridized carbons (Fsp3) is 0.105. The Morgan fingerprint density at radius 3 is 2.42 bits per heavy atom. The van der Waals surface area contributed by atoms with Gasteiger partial charge in [0.2, 0.25) is 0 Å². The lowest BCUT2D eigenvalue weighted by atomic mass is 10.1. The summed E-state index contributed by atoms with van der Waals surface area (Å²) in [4.78, 5) is 12.9. The van der Waals surface area contributed by atoms with E-state index in [1.165, 1.54) is 0 Å². The molecular formula is C19H17ClN2O2. The van der Waals surface area contributed by atoms with Crippen molar-refractivity contribution in [3.05, 3.63) is 83.6 Å². The maximum atomic E-state index is 12.9. The molecule has 4 nitrogen and oxygen atoms in total. The molecule has 0 aliphatic carbocycles. The van der Waals surface area contributed by atoms with Gasteiger partial charge in [0.1, 0.15) is 11.8 Å². The van der Waals surface area contributed by atoms with Crippen molar-refractivity contribution >= 4 is 23.2 Å². The van der Waals surface area contributed by atoms with Gasteiger partial charge in [-0.05, 0) is 35.9 Å². The molecule has 1 unspecified atom stereocenters. The van der Waals surface area contributed by atoms with Gasteiger partial charge in [0.25, 0.3) is 5.91 Å². The van der Waals surface area contributed by atoms with Crippen LogP contribution >= 0.6 is 11.6 Å². The van der Waals surface area contributed by atoms with E-state index in [1.807, 2.05) is 59.4 Å². The summed E-state index contributed by atoms with van der Waals surface area (Å²) < 4.78 is 7.00. The molecule has 1 heterocycles. The average molecular weight is 341 g/mol. The number of halogens is 1. The van der Waals surface area contributed by atoms with Crippen LogP contribution in [0, 0.1) is 0 Å². The second-order valence-corrected chi connectivity index (χ2v) is 5.69. The number of hydrogen-bond acceptors (Lipinski definition) is 2. The van der Waals surface area contributed by atoms with E-state index in [4.69, 9.17) is 16.3 Å². The largest absolute Gasteiger partial charge is 0.495 e. The Kier molecular flexibility index (Phi) is 4.87. The van der Waals surface area contributed by atoms with Gasteiger partial charge in [-0.2, -0.15) is 0 Å². The molecule has 0 aliphatic rings. The first-order chi connectivity index (χ1) is 11.7. The minimum absolute atomic E-state index is 0.140. The molecule has 0 radical (unpaired) electrons. The number of benzene rings is 2. The van der Waals surface area contributed by atoms with Crippen LogP contribution in [0.3, 0.4) is 0 Å². The number of nitrogens with one attached hydrogen (secondary N) is 1. The molecule has 1 N–H and O–H groups in total. The predicted octanol–water partition coefficient (Wildman–Crippen LogP) is 4.38. The van der Waals surface area contributed by atoms with Crippen molar-refractivity contribution in [1.82, 2.24) is 4.57 Å². The molecule has 0 saturated carbocycles. The Morgan fingerprint density at radius 1 is 1.08 bits per heavy atom. The van der Waals surface area contributed by atoms with Gasteiger partial charge < -0.3 is 14.6 Å². The van der Waals surface area contributed by atoms with Crippen molar-refractivity contribution in [3.8, 4) is 5.75 Å². The lowest BCUT2D eigenvalue weighted by Gasteiger charge is -2.19. The number of hydrogen-bond donors (Lipinski definition) is 1. The summed E-state index contributed by atoms with van der Waals surface area (Å²) in [6, 6.07) is 18.1. The van der Waals surface area contributed by atoms with Gasteiger partial charge in [0, 0.05) is 18.1 Å². The van der Waals surface area contributed by atoms with Crippen LogP contribution in [0.2, 0.25) is 5.02 Å². The maximum Gasteiger partial charge on any atom is 0.252 e. The van der Waals surface area contributed by atoms with Crippen LogP contribution in [0.15, 0.2) is 73.1 Å². The maximum absolute atomic E-state index is 12.9. The second kappa shape index (κ2) is 7.23. The molecule has 0 spiro atoms. The molecule has 24 heavy (non-hydrogen) atoms. The van der Waals surface area contributed by atoms with Crippen molar-refractivity contribution in [1.29, 1.82) is 0 Å². The van der Waals surface area contributed by atoms with E-state index in [1.54, 1.807) is 25.3 Å². The Hall–Kier alpha value is -2.72. The van der Waals surface area contributed by atoms with Gasteiger partial charge >= 0.3 is 0 Å². The molecule has 122 valence electrons. The number of carbonyl (C=O) groups is 1. The highest BCUT2D eigenvalue weighted by molar-refractivity contribution is 6.32. The van der Waals surface area contributed by atoms with Gasteiger partial charge in [0.05, 0.1) is 12.1 Å². The van der Waals surface area contributed by atoms with E-state index in [2.05, 4.69) is 5.32 Å². The third-order valence-corrected chi connectivity index (χ3v) is 4.00. The number of aromatic nitrogens is 1. The average Bonchev–Trinajstić information content (AvgIpc) is 3.10. The first-order valence-corrected chi connectivity index (χ1v) is 7.88. The topological polar surface area (TPSA) is 43.3 Å². The summed E-state index contributed by atoms with van der Waals surface area (Å²) in [6.45, 7) is 0.